The minimum absolute atomic E-state index is 0.0585. The van der Waals surface area contributed by atoms with Crippen LogP contribution < -0.4 is 20.7 Å². The number of nitrogens with zero attached hydrogens (tertiary/aromatic N) is 1. The summed E-state index contributed by atoms with van der Waals surface area (Å²) in [6.45, 7) is 16.3. The fraction of sp³-hybridized carbons (Fsp3) is 0.372. The second-order valence-electron chi connectivity index (χ2n) is 17.9. The molecule has 1 amide bonds. The summed E-state index contributed by atoms with van der Waals surface area (Å²) < 4.78 is 77.3. The fourth-order valence-electron chi connectivity index (χ4n) is 8.24. The molecule has 7 N–H and O–H groups in total. The Labute approximate surface area is 354 Å². The minimum Gasteiger partial charge on any atom is -0.458 e. The van der Waals surface area contributed by atoms with Crippen LogP contribution >= 0.6 is 11.6 Å². The van der Waals surface area contributed by atoms with E-state index in [2.05, 4.69) is 58.2 Å². The Morgan fingerprint density at radius 2 is 1.45 bits per heavy atom. The van der Waals surface area contributed by atoms with Gasteiger partial charge in [-0.15, -0.1) is 0 Å². The number of amides is 1. The highest BCUT2D eigenvalue weighted by molar-refractivity contribution is 8.10. The maximum absolute atomic E-state index is 15.3. The number of carbonyl (C=O) groups excluding carboxylic acids is 2. The normalized spacial score (nSPS) is 19.6. The number of benzene rings is 3. The molecule has 6 rings (SSSR count). The van der Waals surface area contributed by atoms with Gasteiger partial charge in [-0.05, 0) is 78.5 Å². The van der Waals surface area contributed by atoms with E-state index in [-0.39, 0.29) is 38.9 Å². The number of aryl methyl sites for hydroxylation is 1. The van der Waals surface area contributed by atoms with Gasteiger partial charge >= 0.3 is 16.2 Å². The van der Waals surface area contributed by atoms with Crippen LogP contribution in [0.15, 0.2) is 93.6 Å². The molecule has 5 aromatic rings. The van der Waals surface area contributed by atoms with E-state index in [9.17, 15) is 27.1 Å². The SMILES string of the molecule is Cc1ccc(S(=O)(O)(O)c2c(-c3ccc(Cl)cc3)c(C(=O)OC3C(C(C)(C)C)CC(C)CC3C(C)(C)C)c3[nH]c(N)c(C(=O)NS(=O)(=O)Nc4ccccc4)c(=O)n23)cc1. The molecule has 1 fully saturated rings. The number of nitrogen functional groups attached to an aromatic ring is 1. The quantitative estimate of drug-likeness (QED) is 0.0776. The number of hydrogen-bond donors (Lipinski definition) is 6. The lowest BCUT2D eigenvalue weighted by atomic mass is 9.59. The van der Waals surface area contributed by atoms with E-state index in [1.54, 1.807) is 29.8 Å². The Morgan fingerprint density at radius 3 is 1.98 bits per heavy atom. The molecule has 1 saturated carbocycles. The summed E-state index contributed by atoms with van der Waals surface area (Å²) in [6, 6.07) is 18.7. The van der Waals surface area contributed by atoms with E-state index in [0.29, 0.717) is 15.9 Å². The van der Waals surface area contributed by atoms with Gasteiger partial charge < -0.3 is 15.5 Å². The zero-order chi connectivity index (χ0) is 44.4. The van der Waals surface area contributed by atoms with Gasteiger partial charge in [-0.1, -0.05) is 108 Å². The predicted molar refractivity (Wildman–Crippen MR) is 234 cm³/mol. The fourth-order valence-corrected chi connectivity index (χ4v) is 11.1. The largest absolute Gasteiger partial charge is 0.458 e. The highest BCUT2D eigenvalue weighted by Gasteiger charge is 2.50. The van der Waals surface area contributed by atoms with E-state index in [1.165, 1.54) is 60.7 Å². The second-order valence-corrected chi connectivity index (χ2v) is 22.4. The lowest BCUT2D eigenvalue weighted by molar-refractivity contribution is -0.0922. The van der Waals surface area contributed by atoms with Gasteiger partial charge in [-0.3, -0.25) is 23.4 Å². The van der Waals surface area contributed by atoms with Crippen LogP contribution in [0.1, 0.15) is 87.6 Å². The van der Waals surface area contributed by atoms with Crippen molar-refractivity contribution in [2.45, 2.75) is 84.3 Å². The molecule has 60 heavy (non-hydrogen) atoms. The number of anilines is 2. The van der Waals surface area contributed by atoms with Crippen molar-refractivity contribution in [3.05, 3.63) is 111 Å². The molecule has 0 radical (unpaired) electrons. The predicted octanol–water partition coefficient (Wildman–Crippen LogP) is 8.39. The van der Waals surface area contributed by atoms with Crippen molar-refractivity contribution in [3.63, 3.8) is 0 Å². The van der Waals surface area contributed by atoms with Crippen molar-refractivity contribution < 1.29 is 36.1 Å². The summed E-state index contributed by atoms with van der Waals surface area (Å²) >= 11 is 6.29. The Balaban J connectivity index is 1.68. The third-order valence-electron chi connectivity index (χ3n) is 11.3. The number of carbonyl (C=O) groups is 2. The van der Waals surface area contributed by atoms with Crippen LogP contribution in [0.4, 0.5) is 11.5 Å². The molecule has 322 valence electrons. The van der Waals surface area contributed by atoms with Crippen molar-refractivity contribution in [3.8, 4) is 11.1 Å². The number of aromatic nitrogens is 2. The third kappa shape index (κ3) is 8.61. The van der Waals surface area contributed by atoms with Gasteiger partial charge in [-0.25, -0.2) is 18.1 Å². The van der Waals surface area contributed by atoms with E-state index in [0.717, 1.165) is 12.8 Å². The number of ether oxygens (including phenoxy) is 1. The molecule has 2 atom stereocenters. The van der Waals surface area contributed by atoms with E-state index in [1.807, 2.05) is 0 Å². The lowest BCUT2D eigenvalue weighted by Crippen LogP contribution is -2.49. The van der Waals surface area contributed by atoms with Gasteiger partial charge in [-0.2, -0.15) is 8.42 Å². The summed E-state index contributed by atoms with van der Waals surface area (Å²) in [7, 11) is -11.2. The molecule has 2 heterocycles. The highest BCUT2D eigenvalue weighted by Crippen LogP contribution is 2.51. The van der Waals surface area contributed by atoms with Crippen LogP contribution in [0, 0.1) is 35.5 Å². The molecule has 3 aromatic carbocycles. The van der Waals surface area contributed by atoms with Crippen LogP contribution in [0.5, 0.6) is 0 Å². The maximum atomic E-state index is 15.3. The average Bonchev–Trinajstić information content (AvgIpc) is 3.48. The first kappa shape index (κ1) is 44.5. The number of nitrogens with one attached hydrogen (secondary N) is 3. The van der Waals surface area contributed by atoms with Gasteiger partial charge in [0.2, 0.25) is 0 Å². The summed E-state index contributed by atoms with van der Waals surface area (Å²) in [6.07, 6.45) is 0.796. The first-order chi connectivity index (χ1) is 27.7. The summed E-state index contributed by atoms with van der Waals surface area (Å²) in [4.78, 5) is 46.0. The molecule has 2 aromatic heterocycles. The molecule has 1 aliphatic carbocycles. The minimum atomic E-state index is -6.49. The lowest BCUT2D eigenvalue weighted by Gasteiger charge is -2.50. The topological polar surface area (TPSA) is 222 Å². The average molecular weight is 883 g/mol. The number of hydrogen-bond acceptors (Lipinski definition) is 8. The third-order valence-corrected chi connectivity index (χ3v) is 14.7. The zero-order valence-electron chi connectivity index (χ0n) is 34.7. The number of rotatable bonds is 9. The Bertz CT molecular complexity index is 2690. The van der Waals surface area contributed by atoms with Crippen LogP contribution in [0.3, 0.4) is 0 Å². The Kier molecular flexibility index (Phi) is 11.5. The van der Waals surface area contributed by atoms with E-state index >= 15 is 9.00 Å². The molecule has 1 aliphatic rings. The number of H-pyrrole nitrogens is 1. The molecule has 0 saturated heterocycles. The molecule has 0 aliphatic heterocycles. The molecule has 14 nitrogen and oxygen atoms in total. The number of nitrogens with two attached hydrogens (primary N) is 1. The van der Waals surface area contributed by atoms with Gasteiger partial charge in [0.05, 0.1) is 10.6 Å². The second kappa shape index (κ2) is 15.5. The van der Waals surface area contributed by atoms with Crippen molar-refractivity contribution in [1.82, 2.24) is 14.1 Å². The van der Waals surface area contributed by atoms with Gasteiger partial charge in [0.25, 0.3) is 11.5 Å². The van der Waals surface area contributed by atoms with Crippen LogP contribution in [-0.2, 0) is 24.6 Å². The van der Waals surface area contributed by atoms with Crippen molar-refractivity contribution in [1.29, 1.82) is 0 Å². The Morgan fingerprint density at radius 1 is 0.900 bits per heavy atom. The molecular weight excluding hydrogens is 830 g/mol. The first-order valence-corrected chi connectivity index (χ1v) is 23.1. The zero-order valence-corrected chi connectivity index (χ0v) is 37.1. The van der Waals surface area contributed by atoms with Crippen molar-refractivity contribution in [2.75, 3.05) is 10.5 Å². The number of esters is 1. The maximum Gasteiger partial charge on any atom is 0.342 e. The molecule has 17 heteroatoms. The smallest absolute Gasteiger partial charge is 0.342 e. The number of halogens is 1. The molecule has 0 spiro atoms. The van der Waals surface area contributed by atoms with Gasteiger partial charge in [0.15, 0.2) is 14.7 Å². The molecule has 2 unspecified atom stereocenters. The van der Waals surface area contributed by atoms with E-state index in [4.69, 9.17) is 22.1 Å². The summed E-state index contributed by atoms with van der Waals surface area (Å²) in [5, 5.41) is -0.739. The van der Waals surface area contributed by atoms with Crippen LogP contribution in [0.25, 0.3) is 16.8 Å². The van der Waals surface area contributed by atoms with Gasteiger partial charge in [0, 0.05) is 22.4 Å². The van der Waals surface area contributed by atoms with Crippen LogP contribution in [0.2, 0.25) is 5.02 Å². The summed E-state index contributed by atoms with van der Waals surface area (Å²) in [5.41, 5.74) is 2.73. The molecule has 0 bridgehead atoms. The van der Waals surface area contributed by atoms with Crippen molar-refractivity contribution >= 4 is 60.5 Å². The summed E-state index contributed by atoms with van der Waals surface area (Å²) in [5.74, 6) is -3.22. The standard InChI is InChI=1S/C43H52ClN5O9S2/c1-24-14-20-29(21-15-24)60(55,56,57)40-32(26-16-18-27(44)19-17-26)33(41(52)58-35-30(42(3,4)5)22-25(2)23-31(35)43(6,7)8)37-46-36(45)34(39(51)49(37)40)38(50)48-59(53,54)47-28-12-10-9-11-13-28/h9-21,25,30-31,35,46-47H,22-23,45H2,1-8H3,(H,48,50)(H2,55,56,57). The first-order valence-electron chi connectivity index (χ1n) is 19.4. The number of para-hydroxylation sites is 1. The number of fused-ring (bicyclic) bond motifs is 1. The van der Waals surface area contributed by atoms with E-state index < -0.39 is 81.5 Å². The van der Waals surface area contributed by atoms with Crippen molar-refractivity contribution in [2.24, 2.45) is 28.6 Å². The molecular formula is C43H52ClN5O9S2. The van der Waals surface area contributed by atoms with Crippen LogP contribution in [-0.4, -0.2) is 49.1 Å². The van der Waals surface area contributed by atoms with Gasteiger partial charge in [0.1, 0.15) is 28.7 Å². The monoisotopic (exact) mass is 881 g/mol. The highest BCUT2D eigenvalue weighted by atomic mass is 35.5. The number of aromatic amines is 1. The Hall–Kier alpha value is -5.00.